The van der Waals surface area contributed by atoms with Crippen LogP contribution in [0.15, 0.2) is 47.6 Å². The zero-order valence-corrected chi connectivity index (χ0v) is 20.5. The minimum Gasteiger partial charge on any atom is -0.503 e. The fourth-order valence-electron chi connectivity index (χ4n) is 2.79. The highest BCUT2D eigenvalue weighted by atomic mass is 79.9. The molecule has 9 heteroatoms. The van der Waals surface area contributed by atoms with Gasteiger partial charge in [0, 0.05) is 20.9 Å². The lowest BCUT2D eigenvalue weighted by Gasteiger charge is -2.12. The van der Waals surface area contributed by atoms with Crippen molar-refractivity contribution in [2.24, 2.45) is 5.10 Å². The highest BCUT2D eigenvalue weighted by Crippen LogP contribution is 2.41. The molecule has 0 amide bonds. The lowest BCUT2D eigenvalue weighted by Crippen LogP contribution is -2.22. The van der Waals surface area contributed by atoms with E-state index in [4.69, 9.17) is 4.74 Å². The average molecular weight is 588 g/mol. The summed E-state index contributed by atoms with van der Waals surface area (Å²) in [5, 5.41) is 15.1. The van der Waals surface area contributed by atoms with Gasteiger partial charge in [-0.3, -0.25) is 4.79 Å². The van der Waals surface area contributed by atoms with E-state index in [0.717, 1.165) is 10.9 Å². The van der Waals surface area contributed by atoms with Gasteiger partial charge in [-0.15, -0.1) is 0 Å². The summed E-state index contributed by atoms with van der Waals surface area (Å²) in [5.41, 5.74) is 1.04. The lowest BCUT2D eigenvalue weighted by molar-refractivity contribution is 0.317. The first kappa shape index (κ1) is 22.0. The van der Waals surface area contributed by atoms with Crippen LogP contribution in [0.25, 0.3) is 10.9 Å². The van der Waals surface area contributed by atoms with Gasteiger partial charge in [0.1, 0.15) is 5.82 Å². The number of nitrogens with zero attached hydrogens (tertiary/aromatic N) is 3. The third-order valence-electron chi connectivity index (χ3n) is 4.14. The second kappa shape index (κ2) is 9.40. The zero-order chi connectivity index (χ0) is 21.1. The second-order valence-electron chi connectivity index (χ2n) is 6.17. The van der Waals surface area contributed by atoms with Gasteiger partial charge < -0.3 is 9.84 Å². The summed E-state index contributed by atoms with van der Waals surface area (Å²) in [6.07, 6.45) is 2.99. The average Bonchev–Trinajstić information content (AvgIpc) is 2.70. The highest BCUT2D eigenvalue weighted by Gasteiger charge is 2.15. The van der Waals surface area contributed by atoms with E-state index in [1.54, 1.807) is 18.3 Å². The van der Waals surface area contributed by atoms with Gasteiger partial charge in [0.05, 0.1) is 28.2 Å². The Morgan fingerprint density at radius 2 is 1.97 bits per heavy atom. The van der Waals surface area contributed by atoms with Gasteiger partial charge in [-0.2, -0.15) is 9.78 Å². The molecule has 0 aliphatic carbocycles. The summed E-state index contributed by atoms with van der Waals surface area (Å²) in [4.78, 5) is 17.7. The van der Waals surface area contributed by atoms with Gasteiger partial charge in [0.25, 0.3) is 5.56 Å². The van der Waals surface area contributed by atoms with Crippen LogP contribution in [0.2, 0.25) is 0 Å². The molecular formula is C20H18Br3N3O3. The maximum absolute atomic E-state index is 13.1. The van der Waals surface area contributed by atoms with Gasteiger partial charge in [0.2, 0.25) is 0 Å². The minimum absolute atomic E-state index is 0.00284. The zero-order valence-electron chi connectivity index (χ0n) is 15.7. The molecule has 29 heavy (non-hydrogen) atoms. The Bertz CT molecular complexity index is 1160. The molecule has 0 unspecified atom stereocenters. The largest absolute Gasteiger partial charge is 0.503 e. The summed E-state index contributed by atoms with van der Waals surface area (Å²) >= 11 is 10.2. The second-order valence-corrected chi connectivity index (χ2v) is 8.68. The monoisotopic (exact) mass is 585 g/mol. The molecule has 0 fully saturated rings. The molecule has 0 bridgehead atoms. The molecule has 0 spiro atoms. The van der Waals surface area contributed by atoms with E-state index in [1.165, 1.54) is 4.68 Å². The molecule has 1 heterocycles. The summed E-state index contributed by atoms with van der Waals surface area (Å²) < 4.78 is 8.65. The summed E-state index contributed by atoms with van der Waals surface area (Å²) in [6, 6.07) is 7.08. The van der Waals surface area contributed by atoms with Crippen molar-refractivity contribution in [1.29, 1.82) is 0 Å². The Kier molecular flexibility index (Phi) is 7.13. The molecule has 0 saturated heterocycles. The smallest absolute Gasteiger partial charge is 0.282 e. The number of phenolic OH excluding ortho intramolecular Hbond substituents is 1. The maximum Gasteiger partial charge on any atom is 0.282 e. The molecule has 0 atom stereocenters. The van der Waals surface area contributed by atoms with Crippen LogP contribution in [0, 0.1) is 0 Å². The first-order valence-electron chi connectivity index (χ1n) is 8.96. The van der Waals surface area contributed by atoms with Crippen LogP contribution in [0.5, 0.6) is 11.5 Å². The molecule has 0 saturated carbocycles. The fraction of sp³-hybridized carbons (Fsp3) is 0.250. The minimum atomic E-state index is -0.241. The number of aromatic nitrogens is 2. The predicted octanol–water partition coefficient (Wildman–Crippen LogP) is 5.62. The standard InChI is InChI=1S/C20H18Br3N3O3/c1-3-5-16-25-14-7-6-12(21)9-13(14)20(28)26(16)24-10-11-8-15(29-4-2)19(27)18(23)17(11)22/h6-10,27H,3-5H2,1-2H3. The van der Waals surface area contributed by atoms with Crippen molar-refractivity contribution in [2.45, 2.75) is 26.7 Å². The normalized spacial score (nSPS) is 11.5. The van der Waals surface area contributed by atoms with Crippen molar-refractivity contribution >= 4 is 64.9 Å². The maximum atomic E-state index is 13.1. The van der Waals surface area contributed by atoms with Crippen molar-refractivity contribution < 1.29 is 9.84 Å². The fourth-order valence-corrected chi connectivity index (χ4v) is 3.98. The first-order valence-corrected chi connectivity index (χ1v) is 11.3. The molecular weight excluding hydrogens is 570 g/mol. The van der Waals surface area contributed by atoms with Gasteiger partial charge >= 0.3 is 0 Å². The van der Waals surface area contributed by atoms with Gasteiger partial charge in [-0.25, -0.2) is 4.98 Å². The molecule has 152 valence electrons. The van der Waals surface area contributed by atoms with Crippen molar-refractivity contribution in [3.05, 3.63) is 59.4 Å². The first-order chi connectivity index (χ1) is 13.9. The van der Waals surface area contributed by atoms with E-state index in [9.17, 15) is 9.90 Å². The topological polar surface area (TPSA) is 76.7 Å². The highest BCUT2D eigenvalue weighted by molar-refractivity contribution is 9.13. The van der Waals surface area contributed by atoms with E-state index >= 15 is 0 Å². The Morgan fingerprint density at radius 1 is 1.21 bits per heavy atom. The predicted molar refractivity (Wildman–Crippen MR) is 125 cm³/mol. The number of hydrogen-bond donors (Lipinski definition) is 1. The molecule has 0 aliphatic rings. The van der Waals surface area contributed by atoms with Crippen molar-refractivity contribution in [2.75, 3.05) is 6.61 Å². The summed E-state index contributed by atoms with van der Waals surface area (Å²) in [6.45, 7) is 4.26. The third-order valence-corrected chi connectivity index (χ3v) is 6.79. The SMILES string of the molecule is CCCc1nc2ccc(Br)cc2c(=O)n1N=Cc1cc(OCC)c(O)c(Br)c1Br. The van der Waals surface area contributed by atoms with Crippen molar-refractivity contribution in [1.82, 2.24) is 9.66 Å². The quantitative estimate of drug-likeness (QED) is 0.380. The number of hydrogen-bond acceptors (Lipinski definition) is 5. The van der Waals surface area contributed by atoms with Gasteiger partial charge in [-0.1, -0.05) is 22.9 Å². The van der Waals surface area contributed by atoms with Crippen LogP contribution in [-0.2, 0) is 6.42 Å². The van der Waals surface area contributed by atoms with E-state index in [0.29, 0.717) is 50.0 Å². The number of rotatable bonds is 6. The molecule has 0 aliphatic heterocycles. The number of benzene rings is 2. The van der Waals surface area contributed by atoms with E-state index in [1.807, 2.05) is 26.0 Å². The van der Waals surface area contributed by atoms with Crippen molar-refractivity contribution in [3.8, 4) is 11.5 Å². The Morgan fingerprint density at radius 3 is 2.66 bits per heavy atom. The van der Waals surface area contributed by atoms with Crippen LogP contribution < -0.4 is 10.3 Å². The van der Waals surface area contributed by atoms with Crippen LogP contribution in [-0.4, -0.2) is 27.6 Å². The number of ether oxygens (including phenoxy) is 1. The number of aromatic hydroxyl groups is 1. The van der Waals surface area contributed by atoms with Crippen LogP contribution >= 0.6 is 47.8 Å². The molecule has 1 N–H and O–H groups in total. The molecule has 0 radical (unpaired) electrons. The van der Waals surface area contributed by atoms with E-state index in [2.05, 4.69) is 57.9 Å². The van der Waals surface area contributed by atoms with Crippen molar-refractivity contribution in [3.63, 3.8) is 0 Å². The molecule has 2 aromatic carbocycles. The number of halogens is 3. The molecule has 3 aromatic rings. The van der Waals surface area contributed by atoms with Crippen LogP contribution in [0.3, 0.4) is 0 Å². The van der Waals surface area contributed by atoms with Crippen LogP contribution in [0.1, 0.15) is 31.7 Å². The van der Waals surface area contributed by atoms with Crippen LogP contribution in [0.4, 0.5) is 0 Å². The van der Waals surface area contributed by atoms with E-state index < -0.39 is 0 Å². The summed E-state index contributed by atoms with van der Waals surface area (Å²) in [7, 11) is 0. The molecule has 3 rings (SSSR count). The Hall–Kier alpha value is -1.71. The molecule has 6 nitrogen and oxygen atoms in total. The lowest BCUT2D eigenvalue weighted by atomic mass is 10.2. The number of fused-ring (bicyclic) bond motifs is 1. The molecule has 1 aromatic heterocycles. The van der Waals surface area contributed by atoms with Gasteiger partial charge in [-0.05, 0) is 69.5 Å². The van der Waals surface area contributed by atoms with Gasteiger partial charge in [0.15, 0.2) is 11.5 Å². The summed E-state index contributed by atoms with van der Waals surface area (Å²) in [5.74, 6) is 0.908. The number of phenols is 1. The Labute approximate surface area is 193 Å². The Balaban J connectivity index is 2.17. The third kappa shape index (κ3) is 4.57. The van der Waals surface area contributed by atoms with E-state index in [-0.39, 0.29) is 11.3 Å². The number of aryl methyl sites for hydroxylation is 1.